The van der Waals surface area contributed by atoms with E-state index in [1.54, 1.807) is 21.3 Å². The molecule has 8 heteroatoms. The third-order valence-electron chi connectivity index (χ3n) is 6.52. The Morgan fingerprint density at radius 1 is 0.844 bits per heavy atom. The van der Waals surface area contributed by atoms with E-state index >= 15 is 0 Å². The van der Waals surface area contributed by atoms with Gasteiger partial charge in [0.2, 0.25) is 12.5 Å². The van der Waals surface area contributed by atoms with Crippen LogP contribution < -0.4 is 28.4 Å². The van der Waals surface area contributed by atoms with Gasteiger partial charge in [-0.1, -0.05) is 6.92 Å². The molecule has 3 aliphatic rings. The highest BCUT2D eigenvalue weighted by atomic mass is 16.7. The van der Waals surface area contributed by atoms with Crippen molar-refractivity contribution in [1.82, 2.24) is 4.90 Å². The third kappa shape index (κ3) is 3.47. The Hall–Kier alpha value is -2.84. The van der Waals surface area contributed by atoms with Gasteiger partial charge in [-0.25, -0.2) is 0 Å². The molecule has 172 valence electrons. The van der Waals surface area contributed by atoms with Gasteiger partial charge in [-0.2, -0.15) is 0 Å². The highest BCUT2D eigenvalue weighted by molar-refractivity contribution is 5.60. The molecular weight excluding hydrogens is 414 g/mol. The smallest absolute Gasteiger partial charge is 0.231 e. The van der Waals surface area contributed by atoms with Crippen LogP contribution in [0.25, 0.3) is 0 Å². The number of morpholine rings is 1. The fraction of sp³-hybridized carbons (Fsp3) is 0.500. The molecule has 3 aliphatic heterocycles. The molecule has 0 saturated carbocycles. The van der Waals surface area contributed by atoms with Gasteiger partial charge in [-0.3, -0.25) is 4.90 Å². The lowest BCUT2D eigenvalue weighted by Gasteiger charge is -2.44. The molecule has 0 aliphatic carbocycles. The first kappa shape index (κ1) is 21.0. The van der Waals surface area contributed by atoms with Crippen molar-refractivity contribution in [3.8, 4) is 34.5 Å². The van der Waals surface area contributed by atoms with Crippen molar-refractivity contribution in [1.29, 1.82) is 0 Å². The molecule has 1 fully saturated rings. The van der Waals surface area contributed by atoms with E-state index in [0.29, 0.717) is 36.2 Å². The molecule has 0 bridgehead atoms. The fourth-order valence-electron chi connectivity index (χ4n) is 4.97. The summed E-state index contributed by atoms with van der Waals surface area (Å²) in [6.45, 7) is 5.51. The average molecular weight is 443 g/mol. The van der Waals surface area contributed by atoms with Crippen LogP contribution in [0, 0.1) is 5.92 Å². The normalized spacial score (nSPS) is 24.4. The van der Waals surface area contributed by atoms with E-state index in [0.717, 1.165) is 35.7 Å². The number of rotatable bonds is 5. The van der Waals surface area contributed by atoms with Gasteiger partial charge in [-0.05, 0) is 23.8 Å². The van der Waals surface area contributed by atoms with Crippen LogP contribution in [0.4, 0.5) is 0 Å². The van der Waals surface area contributed by atoms with Gasteiger partial charge >= 0.3 is 0 Å². The largest absolute Gasteiger partial charge is 0.493 e. The van der Waals surface area contributed by atoms with Crippen molar-refractivity contribution in [3.05, 3.63) is 35.4 Å². The molecule has 0 unspecified atom stereocenters. The lowest BCUT2D eigenvalue weighted by atomic mass is 9.77. The fourth-order valence-corrected chi connectivity index (χ4v) is 4.97. The van der Waals surface area contributed by atoms with Gasteiger partial charge in [-0.15, -0.1) is 0 Å². The highest BCUT2D eigenvalue weighted by Crippen LogP contribution is 2.51. The standard InChI is InChI=1S/C24H29NO7/c1-14-22(15-9-20(26-2)23(28-4)21(10-15)27-3)16-11-18-19(31-13-30-18)12-17(16)32-24(14)25-5-7-29-8-6-25/h9-12,14,22,24H,5-8,13H2,1-4H3/t14-,22+,24-/m0/s1. The minimum Gasteiger partial charge on any atom is -0.493 e. The quantitative estimate of drug-likeness (QED) is 0.698. The second-order valence-corrected chi connectivity index (χ2v) is 8.20. The average Bonchev–Trinajstić information content (AvgIpc) is 3.29. The zero-order chi connectivity index (χ0) is 22.2. The van der Waals surface area contributed by atoms with Gasteiger partial charge in [0.1, 0.15) is 5.75 Å². The lowest BCUT2D eigenvalue weighted by Crippen LogP contribution is -2.52. The van der Waals surface area contributed by atoms with Gasteiger partial charge in [0.05, 0.1) is 34.5 Å². The SMILES string of the molecule is COc1cc([C@@H]2c3cc4c(cc3O[C@H](N3CCOCC3)[C@H]2C)OCO4)cc(OC)c1OC. The maximum absolute atomic E-state index is 6.57. The second kappa shape index (κ2) is 8.60. The number of ether oxygens (including phenoxy) is 7. The number of methoxy groups -OCH3 is 3. The van der Waals surface area contributed by atoms with Crippen LogP contribution in [-0.2, 0) is 4.74 Å². The molecule has 32 heavy (non-hydrogen) atoms. The number of nitrogens with zero attached hydrogens (tertiary/aromatic N) is 1. The molecule has 5 rings (SSSR count). The van der Waals surface area contributed by atoms with E-state index in [1.165, 1.54) is 0 Å². The minimum absolute atomic E-state index is 0.0230. The summed E-state index contributed by atoms with van der Waals surface area (Å²) in [6.07, 6.45) is -0.101. The minimum atomic E-state index is -0.101. The second-order valence-electron chi connectivity index (χ2n) is 8.20. The summed E-state index contributed by atoms with van der Waals surface area (Å²) in [6, 6.07) is 8.04. The number of hydrogen-bond acceptors (Lipinski definition) is 8. The Morgan fingerprint density at radius 3 is 2.12 bits per heavy atom. The molecule has 1 saturated heterocycles. The van der Waals surface area contributed by atoms with Crippen molar-refractivity contribution in [2.24, 2.45) is 5.92 Å². The highest BCUT2D eigenvalue weighted by Gasteiger charge is 2.41. The Kier molecular flexibility index (Phi) is 5.65. The third-order valence-corrected chi connectivity index (χ3v) is 6.52. The van der Waals surface area contributed by atoms with Crippen LogP contribution in [0.2, 0.25) is 0 Å². The first-order chi connectivity index (χ1) is 15.6. The van der Waals surface area contributed by atoms with E-state index in [-0.39, 0.29) is 24.9 Å². The maximum atomic E-state index is 6.57. The molecule has 0 radical (unpaired) electrons. The van der Waals surface area contributed by atoms with Gasteiger partial charge in [0, 0.05) is 36.6 Å². The first-order valence-corrected chi connectivity index (χ1v) is 10.9. The lowest BCUT2D eigenvalue weighted by molar-refractivity contribution is -0.0784. The Bertz CT molecular complexity index is 964. The van der Waals surface area contributed by atoms with E-state index in [4.69, 9.17) is 33.2 Å². The zero-order valence-corrected chi connectivity index (χ0v) is 18.9. The van der Waals surface area contributed by atoms with E-state index in [1.807, 2.05) is 24.3 Å². The molecule has 8 nitrogen and oxygen atoms in total. The molecule has 2 aromatic carbocycles. The summed E-state index contributed by atoms with van der Waals surface area (Å²) >= 11 is 0. The van der Waals surface area contributed by atoms with Crippen molar-refractivity contribution in [3.63, 3.8) is 0 Å². The van der Waals surface area contributed by atoms with Crippen LogP contribution in [-0.4, -0.2) is 65.6 Å². The maximum Gasteiger partial charge on any atom is 0.231 e. The molecular formula is C24H29NO7. The van der Waals surface area contributed by atoms with Crippen molar-refractivity contribution >= 4 is 0 Å². The molecule has 3 heterocycles. The van der Waals surface area contributed by atoms with Crippen molar-refractivity contribution in [2.45, 2.75) is 19.1 Å². The molecule has 2 aromatic rings. The molecule has 0 aromatic heterocycles. The van der Waals surface area contributed by atoms with Crippen LogP contribution in [0.5, 0.6) is 34.5 Å². The summed E-state index contributed by atoms with van der Waals surface area (Å²) in [5.41, 5.74) is 2.12. The van der Waals surface area contributed by atoms with Gasteiger partial charge in [0.25, 0.3) is 0 Å². The zero-order valence-electron chi connectivity index (χ0n) is 18.9. The van der Waals surface area contributed by atoms with E-state index < -0.39 is 0 Å². The Labute approximate surface area is 187 Å². The van der Waals surface area contributed by atoms with Crippen LogP contribution in [0.1, 0.15) is 24.0 Å². The summed E-state index contributed by atoms with van der Waals surface area (Å²) < 4.78 is 40.3. The number of hydrogen-bond donors (Lipinski definition) is 0. The van der Waals surface area contributed by atoms with Gasteiger partial charge in [0.15, 0.2) is 29.2 Å². The summed E-state index contributed by atoms with van der Waals surface area (Å²) in [7, 11) is 4.88. The first-order valence-electron chi connectivity index (χ1n) is 10.9. The van der Waals surface area contributed by atoms with Crippen LogP contribution in [0.3, 0.4) is 0 Å². The van der Waals surface area contributed by atoms with E-state index in [2.05, 4.69) is 11.8 Å². The summed E-state index contributed by atoms with van der Waals surface area (Å²) in [4.78, 5) is 2.35. The number of benzene rings is 2. The molecule has 0 spiro atoms. The van der Waals surface area contributed by atoms with E-state index in [9.17, 15) is 0 Å². The molecule has 0 amide bonds. The molecule has 3 atom stereocenters. The predicted octanol–water partition coefficient (Wildman–Crippen LogP) is 3.26. The Morgan fingerprint density at radius 2 is 1.50 bits per heavy atom. The summed E-state index contributed by atoms with van der Waals surface area (Å²) in [5, 5.41) is 0. The van der Waals surface area contributed by atoms with Crippen LogP contribution >= 0.6 is 0 Å². The molecule has 0 N–H and O–H groups in total. The van der Waals surface area contributed by atoms with Crippen molar-refractivity contribution < 1.29 is 33.2 Å². The predicted molar refractivity (Wildman–Crippen MR) is 116 cm³/mol. The monoisotopic (exact) mass is 443 g/mol. The summed E-state index contributed by atoms with van der Waals surface area (Å²) in [5.74, 6) is 4.26. The Balaban J connectivity index is 1.64. The topological polar surface area (TPSA) is 67.9 Å². The van der Waals surface area contributed by atoms with Crippen molar-refractivity contribution in [2.75, 3.05) is 54.4 Å². The van der Waals surface area contributed by atoms with Crippen LogP contribution in [0.15, 0.2) is 24.3 Å². The number of fused-ring (bicyclic) bond motifs is 2. The van der Waals surface area contributed by atoms with Gasteiger partial charge < -0.3 is 33.2 Å².